The Morgan fingerprint density at radius 3 is 2.06 bits per heavy atom. The lowest BCUT2D eigenvalue weighted by Crippen LogP contribution is -2.59. The van der Waals surface area contributed by atoms with Crippen LogP contribution in [0.25, 0.3) is 0 Å². The second kappa shape index (κ2) is 13.5. The van der Waals surface area contributed by atoms with Crippen molar-refractivity contribution in [2.75, 3.05) is 6.61 Å². The first kappa shape index (κ1) is 27.8. The molecule has 3 rings (SSSR count). The van der Waals surface area contributed by atoms with Gasteiger partial charge >= 0.3 is 0 Å². The molecule has 0 spiro atoms. The molecule has 1 heterocycles. The molecule has 6 N–H and O–H groups in total. The number of allylic oxidation sites excluding steroid dienone is 2. The second-order valence-electron chi connectivity index (χ2n) is 8.94. The molecule has 2 aromatic carbocycles. The molecule has 1 saturated heterocycles. The highest BCUT2D eigenvalue weighted by Crippen LogP contribution is 2.25. The maximum atomic E-state index is 12.7. The number of carbonyl (C=O) groups excluding carboxylic acids is 1. The van der Waals surface area contributed by atoms with Gasteiger partial charge in [0.2, 0.25) is 0 Å². The highest BCUT2D eigenvalue weighted by atomic mass is 16.7. The number of hydrogen-bond donors (Lipinski definition) is 6. The molecular weight excluding hydrogens is 468 g/mol. The number of rotatable bonds is 12. The van der Waals surface area contributed by atoms with Crippen molar-refractivity contribution in [3.63, 3.8) is 0 Å². The van der Waals surface area contributed by atoms with E-state index in [9.17, 15) is 35.4 Å². The Kier molecular flexibility index (Phi) is 10.4. The number of aromatic hydroxyl groups is 2. The van der Waals surface area contributed by atoms with Gasteiger partial charge in [-0.25, -0.2) is 0 Å². The summed E-state index contributed by atoms with van der Waals surface area (Å²) in [5.41, 5.74) is 1.94. The quantitative estimate of drug-likeness (QED) is 0.236. The van der Waals surface area contributed by atoms with Gasteiger partial charge in [-0.05, 0) is 67.2 Å². The molecule has 1 fully saturated rings. The van der Waals surface area contributed by atoms with Crippen molar-refractivity contribution in [2.24, 2.45) is 0 Å². The summed E-state index contributed by atoms with van der Waals surface area (Å²) in [5.74, 6) is 0.142. The van der Waals surface area contributed by atoms with Crippen molar-refractivity contribution in [1.82, 2.24) is 0 Å². The summed E-state index contributed by atoms with van der Waals surface area (Å²) in [6.45, 7) is -0.578. The number of aliphatic hydroxyl groups excluding tert-OH is 4. The Morgan fingerprint density at radius 2 is 1.47 bits per heavy atom. The first-order valence-electron chi connectivity index (χ1n) is 12.0. The number of phenolic OH excluding ortho intramolecular Hbond substituents is 2. The summed E-state index contributed by atoms with van der Waals surface area (Å²) < 4.78 is 11.3. The lowest BCUT2D eigenvalue weighted by atomic mass is 9.98. The highest BCUT2D eigenvalue weighted by molar-refractivity contribution is 5.89. The molecule has 9 nitrogen and oxygen atoms in total. The maximum absolute atomic E-state index is 12.7. The Morgan fingerprint density at radius 1 is 0.889 bits per heavy atom. The van der Waals surface area contributed by atoms with Crippen LogP contribution in [0, 0.1) is 0 Å². The van der Waals surface area contributed by atoms with Crippen LogP contribution in [0.3, 0.4) is 0 Å². The zero-order chi connectivity index (χ0) is 26.1. The Hall–Kier alpha value is -2.79. The maximum Gasteiger partial charge on any atom is 0.186 e. The third kappa shape index (κ3) is 8.12. The Bertz CT molecular complexity index is 972. The lowest BCUT2D eigenvalue weighted by Gasteiger charge is -2.40. The van der Waals surface area contributed by atoms with Gasteiger partial charge in [-0.2, -0.15) is 0 Å². The normalized spacial score (nSPS) is 25.2. The summed E-state index contributed by atoms with van der Waals surface area (Å²) >= 11 is 0. The number of ketones is 1. The third-order valence-electron chi connectivity index (χ3n) is 6.13. The van der Waals surface area contributed by atoms with Crippen LogP contribution in [0.5, 0.6) is 11.5 Å². The molecule has 9 heteroatoms. The van der Waals surface area contributed by atoms with Crippen molar-refractivity contribution in [1.29, 1.82) is 0 Å². The molecular formula is C27H34O9. The van der Waals surface area contributed by atoms with Gasteiger partial charge in [-0.3, -0.25) is 4.79 Å². The van der Waals surface area contributed by atoms with Crippen molar-refractivity contribution < 1.29 is 44.9 Å². The molecule has 0 saturated carbocycles. The van der Waals surface area contributed by atoms with Gasteiger partial charge < -0.3 is 40.1 Å². The van der Waals surface area contributed by atoms with Gasteiger partial charge in [0.25, 0.3) is 0 Å². The fourth-order valence-corrected chi connectivity index (χ4v) is 4.00. The van der Waals surface area contributed by atoms with Crippen LogP contribution < -0.4 is 0 Å². The molecule has 0 unspecified atom stereocenters. The van der Waals surface area contributed by atoms with E-state index < -0.39 is 43.4 Å². The smallest absolute Gasteiger partial charge is 0.186 e. The minimum Gasteiger partial charge on any atom is -0.508 e. The van der Waals surface area contributed by atoms with E-state index in [4.69, 9.17) is 9.47 Å². The van der Waals surface area contributed by atoms with E-state index in [-0.39, 0.29) is 23.7 Å². The van der Waals surface area contributed by atoms with Crippen molar-refractivity contribution in [3.8, 4) is 11.5 Å². The molecule has 6 atom stereocenters. The lowest BCUT2D eigenvalue weighted by molar-refractivity contribution is -0.311. The van der Waals surface area contributed by atoms with E-state index in [0.29, 0.717) is 25.7 Å². The molecule has 196 valence electrons. The molecule has 0 amide bonds. The average molecular weight is 503 g/mol. The fourth-order valence-electron chi connectivity index (χ4n) is 4.00. The topological polar surface area (TPSA) is 157 Å². The van der Waals surface area contributed by atoms with E-state index in [1.54, 1.807) is 42.5 Å². The molecule has 0 bridgehead atoms. The van der Waals surface area contributed by atoms with Crippen LogP contribution in [0.15, 0.2) is 60.7 Å². The van der Waals surface area contributed by atoms with E-state index in [0.717, 1.165) is 11.1 Å². The van der Waals surface area contributed by atoms with Crippen LogP contribution in [0.4, 0.5) is 0 Å². The van der Waals surface area contributed by atoms with Crippen LogP contribution in [0.1, 0.15) is 30.4 Å². The third-order valence-corrected chi connectivity index (χ3v) is 6.13. The van der Waals surface area contributed by atoms with E-state index >= 15 is 0 Å². The zero-order valence-corrected chi connectivity index (χ0v) is 19.9. The molecule has 0 aromatic heterocycles. The van der Waals surface area contributed by atoms with Crippen molar-refractivity contribution in [2.45, 2.75) is 68.9 Å². The number of ether oxygens (including phenoxy) is 2. The van der Waals surface area contributed by atoms with Gasteiger partial charge in [-0.1, -0.05) is 30.3 Å². The summed E-state index contributed by atoms with van der Waals surface area (Å²) in [5, 5.41) is 58.7. The van der Waals surface area contributed by atoms with Crippen LogP contribution in [-0.2, 0) is 27.1 Å². The van der Waals surface area contributed by atoms with Crippen molar-refractivity contribution >= 4 is 5.78 Å². The van der Waals surface area contributed by atoms with Crippen LogP contribution in [0.2, 0.25) is 0 Å². The molecule has 0 radical (unpaired) electrons. The van der Waals surface area contributed by atoms with E-state index in [1.807, 2.05) is 12.1 Å². The summed E-state index contributed by atoms with van der Waals surface area (Å²) in [7, 11) is 0. The first-order chi connectivity index (χ1) is 17.3. The average Bonchev–Trinajstić information content (AvgIpc) is 2.87. The van der Waals surface area contributed by atoms with Crippen molar-refractivity contribution in [3.05, 3.63) is 71.8 Å². The summed E-state index contributed by atoms with van der Waals surface area (Å²) in [6, 6.07) is 13.5. The van der Waals surface area contributed by atoms with Gasteiger partial charge in [0.05, 0.1) is 12.7 Å². The number of carbonyl (C=O) groups is 1. The van der Waals surface area contributed by atoms with E-state index in [2.05, 4.69) is 0 Å². The Balaban J connectivity index is 1.61. The van der Waals surface area contributed by atoms with Gasteiger partial charge in [0.1, 0.15) is 35.9 Å². The van der Waals surface area contributed by atoms with Gasteiger partial charge in [0, 0.05) is 6.42 Å². The molecule has 36 heavy (non-hydrogen) atoms. The minimum atomic E-state index is -1.57. The number of aryl methyl sites for hydroxylation is 2. The van der Waals surface area contributed by atoms with Gasteiger partial charge in [-0.15, -0.1) is 0 Å². The molecule has 1 aliphatic heterocycles. The monoisotopic (exact) mass is 502 g/mol. The minimum absolute atomic E-state index is 0.0111. The van der Waals surface area contributed by atoms with Crippen LogP contribution in [-0.4, -0.2) is 79.8 Å². The van der Waals surface area contributed by atoms with Crippen LogP contribution >= 0.6 is 0 Å². The molecule has 1 aliphatic rings. The first-order valence-corrected chi connectivity index (χ1v) is 12.0. The van der Waals surface area contributed by atoms with E-state index in [1.165, 1.54) is 6.08 Å². The predicted molar refractivity (Wildman–Crippen MR) is 130 cm³/mol. The largest absolute Gasteiger partial charge is 0.508 e. The second-order valence-corrected chi connectivity index (χ2v) is 8.94. The molecule has 0 aliphatic carbocycles. The summed E-state index contributed by atoms with van der Waals surface area (Å²) in [6.07, 6.45) is -2.31. The standard InChI is InChI=1S/C27H34O9/c28-16-23-24(32)25(33)26(34)27(36-23)35-22(14-9-18-7-12-20(30)13-8-18)15-21(31)4-2-1-3-17-5-10-19(29)11-6-17/h2,4-8,10-13,22-30,32-34H,1,3,9,14-16H2/t22-,23+,24+,25-,26+,27+/m0/s1. The number of phenols is 2. The Labute approximate surface area is 209 Å². The fraction of sp³-hybridized carbons (Fsp3) is 0.444. The SMILES string of the molecule is O=C(C=CCCc1ccc(O)cc1)C[C@H](CCc1ccc(O)cc1)O[C@@H]1O[C@H](CO)[C@@H](O)[C@H](O)[C@H]1O. The number of aliphatic hydroxyl groups is 4. The van der Waals surface area contributed by atoms with Gasteiger partial charge in [0.15, 0.2) is 12.1 Å². The molecule has 2 aromatic rings. The predicted octanol–water partition coefficient (Wildman–Crippen LogP) is 1.36. The number of benzene rings is 2. The highest BCUT2D eigenvalue weighted by Gasteiger charge is 2.44. The summed E-state index contributed by atoms with van der Waals surface area (Å²) in [4.78, 5) is 12.7. The number of hydrogen-bond acceptors (Lipinski definition) is 9. The zero-order valence-electron chi connectivity index (χ0n) is 19.9.